The summed E-state index contributed by atoms with van der Waals surface area (Å²) < 4.78 is 58.1. The number of rotatable bonds is 13. The fourth-order valence-corrected chi connectivity index (χ4v) is 8.85. The first-order valence-electron chi connectivity index (χ1n) is 30.7. The summed E-state index contributed by atoms with van der Waals surface area (Å²) in [7, 11) is 4.92. The van der Waals surface area contributed by atoms with Crippen LogP contribution in [-0.4, -0.2) is 32.4 Å². The van der Waals surface area contributed by atoms with Crippen LogP contribution in [0.2, 0.25) is 30.1 Å². The van der Waals surface area contributed by atoms with Crippen molar-refractivity contribution in [3.63, 3.8) is 0 Å². The zero-order valence-electron chi connectivity index (χ0n) is 57.2. The van der Waals surface area contributed by atoms with Gasteiger partial charge in [0, 0.05) is 27.3 Å². The number of ether oxygens (including phenoxy) is 4. The molecule has 498 valence electrons. The molecule has 0 radical (unpaired) electrons. The second kappa shape index (κ2) is 44.1. The molecule has 0 saturated carbocycles. The highest BCUT2D eigenvalue weighted by molar-refractivity contribution is 6.42. The number of hydrogen-bond acceptors (Lipinski definition) is 5. The second-order valence-electron chi connectivity index (χ2n) is 24.0. The molecule has 8 rings (SSSR count). The van der Waals surface area contributed by atoms with Gasteiger partial charge in [-0.2, -0.15) is 0 Å². The molecule has 0 aliphatic heterocycles. The van der Waals surface area contributed by atoms with Crippen LogP contribution in [0.25, 0.3) is 0 Å². The Balaban J connectivity index is 0.000000521. The van der Waals surface area contributed by atoms with Crippen LogP contribution in [0.15, 0.2) is 158 Å². The summed E-state index contributed by atoms with van der Waals surface area (Å²) >= 11 is 35.0. The van der Waals surface area contributed by atoms with Crippen molar-refractivity contribution in [1.29, 1.82) is 0 Å². The van der Waals surface area contributed by atoms with Gasteiger partial charge in [0.15, 0.2) is 23.1 Å². The highest BCUT2D eigenvalue weighted by Crippen LogP contribution is 2.32. The quantitative estimate of drug-likeness (QED) is 0.115. The largest absolute Gasteiger partial charge is 0.493 e. The van der Waals surface area contributed by atoms with Gasteiger partial charge in [0.05, 0.1) is 42.5 Å². The van der Waals surface area contributed by atoms with Crippen molar-refractivity contribution in [1.82, 2.24) is 4.98 Å². The summed E-state index contributed by atoms with van der Waals surface area (Å²) in [6, 6.07) is 45.9. The van der Waals surface area contributed by atoms with E-state index in [0.717, 1.165) is 33.9 Å². The van der Waals surface area contributed by atoms with E-state index in [2.05, 4.69) is 126 Å². The van der Waals surface area contributed by atoms with Crippen molar-refractivity contribution in [3.8, 4) is 23.1 Å². The van der Waals surface area contributed by atoms with E-state index in [4.69, 9.17) is 88.6 Å². The molecule has 7 aromatic carbocycles. The number of benzene rings is 7. The third-order valence-corrected chi connectivity index (χ3v) is 15.3. The van der Waals surface area contributed by atoms with Gasteiger partial charge in [-0.15, -0.1) is 0 Å². The minimum Gasteiger partial charge on any atom is -0.493 e. The SMILES string of the molecule is CC(C)Oc1ccc(C(C)C)cc1Cl.CC(C)c1cc(Cl)cc(Cl)c1.CC(C)c1ccc(Cl)c(Cl)c1.CC(C)c1ccc(Cl)cc1.CC(C)c1ccc(F)c(F)c1.CC(C)c1ccc(F)cc1.COc1ccc(C(C)C)cc1OC.COc1ccc(C(C)C)cn1. The van der Waals surface area contributed by atoms with E-state index < -0.39 is 11.6 Å². The van der Waals surface area contributed by atoms with Crippen molar-refractivity contribution in [2.24, 2.45) is 0 Å². The van der Waals surface area contributed by atoms with Crippen molar-refractivity contribution < 1.29 is 32.1 Å². The van der Waals surface area contributed by atoms with Crippen LogP contribution in [-0.2, 0) is 0 Å². The lowest BCUT2D eigenvalue weighted by atomic mass is 10.0. The zero-order chi connectivity index (χ0) is 69.2. The van der Waals surface area contributed by atoms with Gasteiger partial charge >= 0.3 is 0 Å². The number of hydrogen-bond donors (Lipinski definition) is 0. The lowest BCUT2D eigenvalue weighted by molar-refractivity contribution is 0.242. The van der Waals surface area contributed by atoms with Crippen molar-refractivity contribution in [2.45, 2.75) is 178 Å². The van der Waals surface area contributed by atoms with E-state index in [1.54, 1.807) is 33.5 Å². The maximum absolute atomic E-state index is 12.6. The standard InChI is InChI=1S/C12H17ClO.C11H16O2.2C9H10Cl2.C9H11Cl.C9H10F2.C9H11F.C9H13NO/c1-8(2)10-5-6-12(11(13)7-10)14-9(3)4;1-8(2)9-5-6-10(12-3)11(7-9)13-4;1-6(2)7-3-8(10)5-9(11)4-7;1-6(2)7-3-4-8(10)9(11)5-7;1-7(2)8-3-5-9(10)6-4-8;1-6(2)7-3-4-8(10)9(11)5-7;1-7(2)8-3-5-9(10)6-4-8;1-7(2)8-4-5-9(11-3)10-6-8/h5-9H,1-4H3;5-8H,1-4H3;2*3-6H,1-2H3;3-7H,1-2H3;3-6H,1-2H3;3-7H,1-2H3;4-7H,1-3H3. The first kappa shape index (κ1) is 83.4. The number of methoxy groups -OCH3 is 3. The fraction of sp³-hybridized carbons (Fsp3) is 0.390. The van der Waals surface area contributed by atoms with Gasteiger partial charge in [-0.1, -0.05) is 235 Å². The van der Waals surface area contributed by atoms with Crippen molar-refractivity contribution in [3.05, 3.63) is 250 Å². The maximum atomic E-state index is 12.6. The van der Waals surface area contributed by atoms with E-state index in [1.807, 2.05) is 125 Å². The van der Waals surface area contributed by atoms with Crippen LogP contribution in [0, 0.1) is 17.5 Å². The van der Waals surface area contributed by atoms with Crippen LogP contribution in [0.4, 0.5) is 13.2 Å². The molecule has 0 saturated heterocycles. The van der Waals surface area contributed by atoms with Crippen LogP contribution in [0.1, 0.15) is 216 Å². The van der Waals surface area contributed by atoms with Crippen LogP contribution in [0.5, 0.6) is 23.1 Å². The molecule has 0 unspecified atom stereocenters. The zero-order valence-corrected chi connectivity index (χ0v) is 61.7. The topological polar surface area (TPSA) is 49.8 Å². The Hall–Kier alpha value is -5.58. The smallest absolute Gasteiger partial charge is 0.212 e. The number of pyridine rings is 1. The Morgan fingerprint density at radius 1 is 0.297 bits per heavy atom. The predicted octanol–water partition coefficient (Wildman–Crippen LogP) is 27.0. The summed E-state index contributed by atoms with van der Waals surface area (Å²) in [6.45, 7) is 37.7. The third kappa shape index (κ3) is 33.7. The van der Waals surface area contributed by atoms with E-state index >= 15 is 0 Å². The first-order chi connectivity index (χ1) is 42.6. The molecule has 1 aromatic heterocycles. The predicted molar refractivity (Wildman–Crippen MR) is 387 cm³/mol. The fourth-order valence-electron chi connectivity index (χ4n) is 7.64. The molecule has 0 spiro atoms. The summed E-state index contributed by atoms with van der Waals surface area (Å²) in [5, 5.41) is 4.19. The minimum absolute atomic E-state index is 0.163. The van der Waals surface area contributed by atoms with E-state index in [-0.39, 0.29) is 17.8 Å². The van der Waals surface area contributed by atoms with Crippen molar-refractivity contribution >= 4 is 69.6 Å². The summed E-state index contributed by atoms with van der Waals surface area (Å²) in [5.74, 6) is 5.17. The van der Waals surface area contributed by atoms with Gasteiger partial charge < -0.3 is 18.9 Å². The Morgan fingerprint density at radius 3 is 1.07 bits per heavy atom. The highest BCUT2D eigenvalue weighted by Gasteiger charge is 2.10. The van der Waals surface area contributed by atoms with Crippen LogP contribution < -0.4 is 18.9 Å². The van der Waals surface area contributed by atoms with Gasteiger partial charge in [-0.25, -0.2) is 18.2 Å². The van der Waals surface area contributed by atoms with Crippen molar-refractivity contribution in [2.75, 3.05) is 21.3 Å². The molecule has 1 heterocycles. The molecule has 0 aliphatic rings. The lowest BCUT2D eigenvalue weighted by Gasteiger charge is -2.13. The van der Waals surface area contributed by atoms with E-state index in [1.165, 1.54) is 57.1 Å². The van der Waals surface area contributed by atoms with E-state index in [9.17, 15) is 13.2 Å². The average Bonchev–Trinajstić information content (AvgIpc) is 2.98. The third-order valence-electron chi connectivity index (χ3n) is 13.5. The molecule has 0 atom stereocenters. The lowest BCUT2D eigenvalue weighted by Crippen LogP contribution is -2.06. The minimum atomic E-state index is -0.783. The highest BCUT2D eigenvalue weighted by atomic mass is 35.5. The Kier molecular flexibility index (Phi) is 40.4. The molecule has 8 aromatic rings. The normalized spacial score (nSPS) is 10.5. The van der Waals surface area contributed by atoms with Gasteiger partial charge in [0.1, 0.15) is 11.6 Å². The second-order valence-corrected chi connectivity index (χ2v) is 26.5. The summed E-state index contributed by atoms with van der Waals surface area (Å²) in [5.41, 5.74) is 9.49. The maximum Gasteiger partial charge on any atom is 0.212 e. The number of nitrogens with zero attached hydrogens (tertiary/aromatic N) is 1. The van der Waals surface area contributed by atoms with Gasteiger partial charge in [-0.05, 0) is 197 Å². The molecule has 0 amide bonds. The molecular weight excluding hydrogens is 1270 g/mol. The Morgan fingerprint density at radius 2 is 0.681 bits per heavy atom. The molecule has 0 bridgehead atoms. The molecule has 0 fully saturated rings. The molecule has 5 nitrogen and oxygen atoms in total. The molecule has 0 N–H and O–H groups in total. The molecule has 0 aliphatic carbocycles. The van der Waals surface area contributed by atoms with Gasteiger partial charge in [-0.3, -0.25) is 0 Å². The Labute approximate surface area is 575 Å². The first-order valence-corrected chi connectivity index (χ1v) is 33.0. The van der Waals surface area contributed by atoms with Crippen LogP contribution in [0.3, 0.4) is 0 Å². The summed E-state index contributed by atoms with van der Waals surface area (Å²) in [4.78, 5) is 4.10. The molecule has 91 heavy (non-hydrogen) atoms. The van der Waals surface area contributed by atoms with Gasteiger partial charge in [0.25, 0.3) is 0 Å². The monoisotopic (exact) mass is 1370 g/mol. The average molecular weight is 1370 g/mol. The molecule has 14 heteroatoms. The van der Waals surface area contributed by atoms with Gasteiger partial charge in [0.2, 0.25) is 5.88 Å². The summed E-state index contributed by atoms with van der Waals surface area (Å²) in [6.07, 6.45) is 2.01. The molecular formula is C77H98Cl6F3NO4. The Bertz CT molecular complexity index is 3170. The van der Waals surface area contributed by atoms with Crippen LogP contribution >= 0.6 is 69.6 Å². The number of aromatic nitrogens is 1. The number of halogens is 9. The van der Waals surface area contributed by atoms with E-state index in [0.29, 0.717) is 72.4 Å².